The van der Waals surface area contributed by atoms with E-state index < -0.39 is 0 Å². The summed E-state index contributed by atoms with van der Waals surface area (Å²) in [6.07, 6.45) is 2.53. The highest BCUT2D eigenvalue weighted by Gasteiger charge is 2.20. The van der Waals surface area contributed by atoms with Crippen LogP contribution < -0.4 is 10.1 Å². The van der Waals surface area contributed by atoms with Crippen molar-refractivity contribution in [2.45, 2.75) is 39.7 Å². The average molecular weight is 347 g/mol. The Morgan fingerprint density at radius 1 is 1.24 bits per heavy atom. The highest BCUT2D eigenvalue weighted by molar-refractivity contribution is 5.80. The first-order valence-electron chi connectivity index (χ1n) is 9.64. The second-order valence-corrected chi connectivity index (χ2v) is 6.40. The van der Waals surface area contributed by atoms with Crippen LogP contribution in [0.5, 0.6) is 5.75 Å². The molecule has 5 nitrogen and oxygen atoms in total. The summed E-state index contributed by atoms with van der Waals surface area (Å²) in [7, 11) is 1.72. The molecule has 1 heterocycles. The molecule has 2 rings (SSSR count). The van der Waals surface area contributed by atoms with Gasteiger partial charge in [0.05, 0.1) is 19.7 Å². The first-order chi connectivity index (χ1) is 12.2. The maximum atomic E-state index is 5.42. The highest BCUT2D eigenvalue weighted by atomic mass is 16.5. The van der Waals surface area contributed by atoms with Gasteiger partial charge < -0.3 is 15.0 Å². The molecule has 1 aromatic carbocycles. The SMILES string of the molecule is CCNC(=NCC(c1cccc(OC)c1)N(CC)CC)N1CCCC1. The van der Waals surface area contributed by atoms with Crippen molar-refractivity contribution in [3.63, 3.8) is 0 Å². The van der Waals surface area contributed by atoms with Crippen molar-refractivity contribution in [1.82, 2.24) is 15.1 Å². The van der Waals surface area contributed by atoms with Crippen molar-refractivity contribution < 1.29 is 4.74 Å². The van der Waals surface area contributed by atoms with E-state index in [1.807, 2.05) is 6.07 Å². The van der Waals surface area contributed by atoms with E-state index in [-0.39, 0.29) is 6.04 Å². The number of nitrogens with zero attached hydrogens (tertiary/aromatic N) is 3. The monoisotopic (exact) mass is 346 g/mol. The third-order valence-electron chi connectivity index (χ3n) is 4.89. The lowest BCUT2D eigenvalue weighted by atomic mass is 10.0. The predicted octanol–water partition coefficient (Wildman–Crippen LogP) is 3.14. The minimum absolute atomic E-state index is 0.265. The number of ether oxygens (including phenoxy) is 1. The zero-order valence-electron chi connectivity index (χ0n) is 16.3. The molecule has 1 fully saturated rings. The van der Waals surface area contributed by atoms with Gasteiger partial charge >= 0.3 is 0 Å². The van der Waals surface area contributed by atoms with Crippen LogP contribution in [-0.4, -0.2) is 62.1 Å². The number of likely N-dealkylation sites (N-methyl/N-ethyl adjacent to an activating group) is 1. The Kier molecular flexibility index (Phi) is 8.06. The molecule has 1 aliphatic rings. The Bertz CT molecular complexity index is 536. The summed E-state index contributed by atoms with van der Waals surface area (Å²) in [6.45, 7) is 12.5. The predicted molar refractivity (Wildman–Crippen MR) is 105 cm³/mol. The minimum Gasteiger partial charge on any atom is -0.497 e. The topological polar surface area (TPSA) is 40.1 Å². The quantitative estimate of drug-likeness (QED) is 0.580. The molecule has 0 radical (unpaired) electrons. The van der Waals surface area contributed by atoms with E-state index in [1.54, 1.807) is 7.11 Å². The second-order valence-electron chi connectivity index (χ2n) is 6.40. The second kappa shape index (κ2) is 10.3. The molecular formula is C20H34N4O. The fourth-order valence-corrected chi connectivity index (χ4v) is 3.47. The van der Waals surface area contributed by atoms with E-state index in [4.69, 9.17) is 9.73 Å². The van der Waals surface area contributed by atoms with Crippen LogP contribution in [0.2, 0.25) is 0 Å². The van der Waals surface area contributed by atoms with Crippen LogP contribution in [-0.2, 0) is 0 Å². The van der Waals surface area contributed by atoms with Gasteiger partial charge in [-0.3, -0.25) is 9.89 Å². The molecule has 140 valence electrons. The molecule has 0 aromatic heterocycles. The number of nitrogens with one attached hydrogen (secondary N) is 1. The zero-order valence-corrected chi connectivity index (χ0v) is 16.3. The standard InChI is InChI=1S/C20H34N4O/c1-5-21-20(24-13-8-9-14-24)22-16-19(23(6-2)7-3)17-11-10-12-18(15-17)25-4/h10-12,15,19H,5-9,13-14,16H2,1-4H3,(H,21,22). The molecule has 0 amide bonds. The van der Waals surface area contributed by atoms with Crippen molar-refractivity contribution in [3.05, 3.63) is 29.8 Å². The summed E-state index contributed by atoms with van der Waals surface area (Å²) < 4.78 is 5.42. The van der Waals surface area contributed by atoms with Crippen LogP contribution in [0.4, 0.5) is 0 Å². The van der Waals surface area contributed by atoms with Crippen LogP contribution in [0.25, 0.3) is 0 Å². The van der Waals surface area contributed by atoms with Crippen LogP contribution in [0.1, 0.15) is 45.2 Å². The van der Waals surface area contributed by atoms with Gasteiger partial charge in [-0.15, -0.1) is 0 Å². The third kappa shape index (κ3) is 5.36. The van der Waals surface area contributed by atoms with Gasteiger partial charge in [-0.25, -0.2) is 0 Å². The van der Waals surface area contributed by atoms with Crippen molar-refractivity contribution in [2.24, 2.45) is 4.99 Å². The molecule has 1 unspecified atom stereocenters. The summed E-state index contributed by atoms with van der Waals surface area (Å²) in [4.78, 5) is 9.84. The molecule has 0 saturated carbocycles. The number of hydrogen-bond donors (Lipinski definition) is 1. The molecule has 0 aliphatic carbocycles. The molecule has 1 aromatic rings. The average Bonchev–Trinajstić information content (AvgIpc) is 3.18. The van der Waals surface area contributed by atoms with Gasteiger partial charge in [0.1, 0.15) is 5.75 Å². The Morgan fingerprint density at radius 3 is 2.56 bits per heavy atom. The molecule has 5 heteroatoms. The molecule has 1 atom stereocenters. The largest absolute Gasteiger partial charge is 0.497 e. The van der Waals surface area contributed by atoms with Crippen LogP contribution in [0.15, 0.2) is 29.3 Å². The fraction of sp³-hybridized carbons (Fsp3) is 0.650. The van der Waals surface area contributed by atoms with Gasteiger partial charge in [0, 0.05) is 19.6 Å². The number of methoxy groups -OCH3 is 1. The highest BCUT2D eigenvalue weighted by Crippen LogP contribution is 2.25. The van der Waals surface area contributed by atoms with Gasteiger partial charge in [-0.1, -0.05) is 26.0 Å². The third-order valence-corrected chi connectivity index (χ3v) is 4.89. The molecule has 1 saturated heterocycles. The van der Waals surface area contributed by atoms with E-state index in [1.165, 1.54) is 18.4 Å². The van der Waals surface area contributed by atoms with Gasteiger partial charge in [-0.2, -0.15) is 0 Å². The minimum atomic E-state index is 0.265. The Labute approximate surface area is 153 Å². The summed E-state index contributed by atoms with van der Waals surface area (Å²) in [5, 5.41) is 3.46. The van der Waals surface area contributed by atoms with E-state index in [9.17, 15) is 0 Å². The van der Waals surface area contributed by atoms with Crippen molar-refractivity contribution >= 4 is 5.96 Å². The van der Waals surface area contributed by atoms with Crippen molar-refractivity contribution in [1.29, 1.82) is 0 Å². The van der Waals surface area contributed by atoms with Crippen LogP contribution in [0.3, 0.4) is 0 Å². The van der Waals surface area contributed by atoms with Crippen LogP contribution in [0, 0.1) is 0 Å². The number of aliphatic imine (C=N–C) groups is 1. The lowest BCUT2D eigenvalue weighted by Gasteiger charge is -2.30. The number of guanidine groups is 1. The molecule has 0 spiro atoms. The molecule has 1 aliphatic heterocycles. The van der Waals surface area contributed by atoms with Gasteiger partial charge in [-0.05, 0) is 50.6 Å². The van der Waals surface area contributed by atoms with Crippen molar-refractivity contribution in [2.75, 3.05) is 46.4 Å². The maximum absolute atomic E-state index is 5.42. The van der Waals surface area contributed by atoms with E-state index >= 15 is 0 Å². The Hall–Kier alpha value is -1.75. The van der Waals surface area contributed by atoms with Gasteiger partial charge in [0.25, 0.3) is 0 Å². The van der Waals surface area contributed by atoms with Crippen molar-refractivity contribution in [3.8, 4) is 5.75 Å². The molecular weight excluding hydrogens is 312 g/mol. The summed E-state index contributed by atoms with van der Waals surface area (Å²) >= 11 is 0. The van der Waals surface area contributed by atoms with E-state index in [0.29, 0.717) is 0 Å². The molecule has 0 bridgehead atoms. The van der Waals surface area contributed by atoms with Gasteiger partial charge in [0.2, 0.25) is 0 Å². The lowest BCUT2D eigenvalue weighted by Crippen LogP contribution is -2.40. The summed E-state index contributed by atoms with van der Waals surface area (Å²) in [5.74, 6) is 1.96. The fourth-order valence-electron chi connectivity index (χ4n) is 3.47. The smallest absolute Gasteiger partial charge is 0.193 e. The van der Waals surface area contributed by atoms with E-state index in [0.717, 1.165) is 51.0 Å². The number of rotatable bonds is 8. The summed E-state index contributed by atoms with van der Waals surface area (Å²) in [5.41, 5.74) is 1.27. The number of hydrogen-bond acceptors (Lipinski definition) is 3. The first kappa shape index (κ1) is 19.6. The lowest BCUT2D eigenvalue weighted by molar-refractivity contribution is 0.223. The number of likely N-dealkylation sites (tertiary alicyclic amines) is 1. The molecule has 1 N–H and O–H groups in total. The Morgan fingerprint density at radius 2 is 1.96 bits per heavy atom. The Balaban J connectivity index is 2.23. The van der Waals surface area contributed by atoms with Gasteiger partial charge in [0.15, 0.2) is 5.96 Å². The normalized spacial score (nSPS) is 16.4. The van der Waals surface area contributed by atoms with E-state index in [2.05, 4.69) is 54.1 Å². The van der Waals surface area contributed by atoms with Crippen LogP contribution >= 0.6 is 0 Å². The zero-order chi connectivity index (χ0) is 18.1. The number of benzene rings is 1. The summed E-state index contributed by atoms with van der Waals surface area (Å²) in [6, 6.07) is 8.66. The first-order valence-corrected chi connectivity index (χ1v) is 9.64. The maximum Gasteiger partial charge on any atom is 0.193 e. The molecule has 25 heavy (non-hydrogen) atoms.